The molecule has 1 N–H and O–H groups in total. The Labute approximate surface area is 166 Å². The van der Waals surface area contributed by atoms with Crippen LogP contribution in [0, 0.1) is 0 Å². The van der Waals surface area contributed by atoms with Crippen molar-refractivity contribution in [2.45, 2.75) is 12.8 Å². The number of benzene rings is 2. The van der Waals surface area contributed by atoms with E-state index in [1.165, 1.54) is 12.1 Å². The van der Waals surface area contributed by atoms with E-state index in [0.717, 1.165) is 10.9 Å². The van der Waals surface area contributed by atoms with Crippen molar-refractivity contribution in [1.82, 2.24) is 9.97 Å². The maximum Gasteiger partial charge on any atom is 0.263 e. The lowest BCUT2D eigenvalue weighted by Gasteiger charge is -2.10. The first kappa shape index (κ1) is 18.7. The molecule has 0 radical (unpaired) electrons. The third-order valence-electron chi connectivity index (χ3n) is 4.53. The summed E-state index contributed by atoms with van der Waals surface area (Å²) in [4.78, 5) is 21.1. The summed E-state index contributed by atoms with van der Waals surface area (Å²) in [7, 11) is 0. The van der Waals surface area contributed by atoms with Gasteiger partial charge in [0.2, 0.25) is 5.91 Å². The van der Waals surface area contributed by atoms with Crippen molar-refractivity contribution in [1.29, 1.82) is 0 Å². The van der Waals surface area contributed by atoms with Gasteiger partial charge < -0.3 is 5.32 Å². The molecule has 4 nitrogen and oxygen atoms in total. The van der Waals surface area contributed by atoms with Crippen LogP contribution in [0.2, 0.25) is 0 Å². The number of hydrogen-bond acceptors (Lipinski definition) is 3. The average molecular weight is 389 g/mol. The summed E-state index contributed by atoms with van der Waals surface area (Å²) in [5.41, 5.74) is 3.20. The fourth-order valence-corrected chi connectivity index (χ4v) is 3.16. The van der Waals surface area contributed by atoms with Gasteiger partial charge in [0.25, 0.3) is 6.43 Å². The molecule has 1 amide bonds. The predicted octanol–water partition coefficient (Wildman–Crippen LogP) is 5.42. The lowest BCUT2D eigenvalue weighted by atomic mass is 10.0. The number of hydrogen-bond donors (Lipinski definition) is 1. The maximum absolute atomic E-state index is 13.0. The van der Waals surface area contributed by atoms with Crippen LogP contribution in [0.1, 0.15) is 17.6 Å². The third-order valence-corrected chi connectivity index (χ3v) is 4.53. The number of rotatable bonds is 5. The van der Waals surface area contributed by atoms with Gasteiger partial charge in [0.15, 0.2) is 0 Å². The minimum atomic E-state index is -2.54. The maximum atomic E-state index is 13.0. The smallest absolute Gasteiger partial charge is 0.263 e. The van der Waals surface area contributed by atoms with Gasteiger partial charge in [-0.15, -0.1) is 0 Å². The molecule has 6 heteroatoms. The van der Waals surface area contributed by atoms with Crippen molar-refractivity contribution in [2.75, 3.05) is 5.32 Å². The SMILES string of the molecule is O=C(Cc1cccc2ccc(-c3cccc(C(F)F)c3)nc12)Nc1cccnc1. The van der Waals surface area contributed by atoms with Crippen LogP contribution in [-0.4, -0.2) is 15.9 Å². The zero-order chi connectivity index (χ0) is 20.2. The van der Waals surface area contributed by atoms with Crippen LogP contribution in [0.5, 0.6) is 0 Å². The number of nitrogens with zero attached hydrogens (tertiary/aromatic N) is 2. The van der Waals surface area contributed by atoms with Gasteiger partial charge in [-0.3, -0.25) is 9.78 Å². The van der Waals surface area contributed by atoms with Crippen molar-refractivity contribution in [2.24, 2.45) is 0 Å². The second-order valence-corrected chi connectivity index (χ2v) is 6.58. The third kappa shape index (κ3) is 4.27. The molecule has 0 saturated carbocycles. The first-order valence-electron chi connectivity index (χ1n) is 9.07. The van der Waals surface area contributed by atoms with Crippen molar-refractivity contribution in [3.05, 3.63) is 90.3 Å². The van der Waals surface area contributed by atoms with Crippen LogP contribution < -0.4 is 5.32 Å². The first-order chi connectivity index (χ1) is 14.1. The van der Waals surface area contributed by atoms with Crippen LogP contribution in [0.4, 0.5) is 14.5 Å². The molecule has 4 rings (SSSR count). The largest absolute Gasteiger partial charge is 0.324 e. The van der Waals surface area contributed by atoms with Gasteiger partial charge in [0, 0.05) is 22.7 Å². The summed E-state index contributed by atoms with van der Waals surface area (Å²) in [5.74, 6) is -0.183. The molecule has 2 aromatic carbocycles. The van der Waals surface area contributed by atoms with Gasteiger partial charge >= 0.3 is 0 Å². The molecule has 0 unspecified atom stereocenters. The number of pyridine rings is 2. The Morgan fingerprint density at radius 2 is 1.86 bits per heavy atom. The van der Waals surface area contributed by atoms with Gasteiger partial charge in [-0.2, -0.15) is 0 Å². The number of carbonyl (C=O) groups excluding carboxylic acids is 1. The molecular weight excluding hydrogens is 372 g/mol. The summed E-state index contributed by atoms with van der Waals surface area (Å²) in [5, 5.41) is 3.69. The Morgan fingerprint density at radius 1 is 1.00 bits per heavy atom. The number of fused-ring (bicyclic) bond motifs is 1. The number of amides is 1. The Bertz CT molecular complexity index is 1160. The molecule has 0 atom stereocenters. The normalized spacial score (nSPS) is 11.0. The molecule has 0 aliphatic heterocycles. The zero-order valence-corrected chi connectivity index (χ0v) is 15.3. The minimum Gasteiger partial charge on any atom is -0.324 e. The van der Waals surface area contributed by atoms with Gasteiger partial charge in [-0.05, 0) is 29.8 Å². The fourth-order valence-electron chi connectivity index (χ4n) is 3.16. The van der Waals surface area contributed by atoms with Crippen molar-refractivity contribution >= 4 is 22.5 Å². The Balaban J connectivity index is 1.66. The zero-order valence-electron chi connectivity index (χ0n) is 15.3. The van der Waals surface area contributed by atoms with E-state index >= 15 is 0 Å². The molecule has 0 bridgehead atoms. The van der Waals surface area contributed by atoms with Crippen LogP contribution in [-0.2, 0) is 11.2 Å². The van der Waals surface area contributed by atoms with Gasteiger partial charge in [-0.1, -0.05) is 42.5 Å². The Hall–Kier alpha value is -3.67. The molecule has 0 spiro atoms. The number of anilines is 1. The molecule has 4 aromatic rings. The van der Waals surface area contributed by atoms with Gasteiger partial charge in [-0.25, -0.2) is 13.8 Å². The van der Waals surface area contributed by atoms with E-state index in [-0.39, 0.29) is 17.9 Å². The highest BCUT2D eigenvalue weighted by molar-refractivity contribution is 5.95. The molecule has 2 heterocycles. The molecule has 144 valence electrons. The molecule has 2 aromatic heterocycles. The Morgan fingerprint density at radius 3 is 2.66 bits per heavy atom. The topological polar surface area (TPSA) is 54.9 Å². The Kier molecular flexibility index (Phi) is 5.24. The van der Waals surface area contributed by atoms with Gasteiger partial charge in [0.1, 0.15) is 0 Å². The number of aromatic nitrogens is 2. The van der Waals surface area contributed by atoms with E-state index in [2.05, 4.69) is 15.3 Å². The van der Waals surface area contributed by atoms with Crippen LogP contribution in [0.3, 0.4) is 0 Å². The summed E-state index contributed by atoms with van der Waals surface area (Å²) >= 11 is 0. The molecule has 0 aliphatic carbocycles. The molecule has 0 saturated heterocycles. The number of alkyl halides is 2. The quantitative estimate of drug-likeness (QED) is 0.496. The predicted molar refractivity (Wildman–Crippen MR) is 109 cm³/mol. The van der Waals surface area contributed by atoms with E-state index < -0.39 is 6.43 Å². The number of carbonyl (C=O) groups is 1. The van der Waals surface area contributed by atoms with Crippen molar-refractivity contribution in [3.63, 3.8) is 0 Å². The summed E-state index contributed by atoms with van der Waals surface area (Å²) in [6.45, 7) is 0. The van der Waals surface area contributed by atoms with E-state index in [0.29, 0.717) is 22.5 Å². The minimum absolute atomic E-state index is 0.0477. The highest BCUT2D eigenvalue weighted by Gasteiger charge is 2.12. The van der Waals surface area contributed by atoms with E-state index in [1.807, 2.05) is 24.3 Å². The van der Waals surface area contributed by atoms with Crippen molar-refractivity contribution in [3.8, 4) is 11.3 Å². The molecule has 29 heavy (non-hydrogen) atoms. The van der Waals surface area contributed by atoms with E-state index in [9.17, 15) is 13.6 Å². The van der Waals surface area contributed by atoms with Crippen LogP contribution >= 0.6 is 0 Å². The number of para-hydroxylation sites is 1. The molecular formula is C23H17F2N3O. The van der Waals surface area contributed by atoms with Gasteiger partial charge in [0.05, 0.1) is 29.5 Å². The lowest BCUT2D eigenvalue weighted by molar-refractivity contribution is -0.115. The second kappa shape index (κ2) is 8.14. The highest BCUT2D eigenvalue weighted by atomic mass is 19.3. The van der Waals surface area contributed by atoms with E-state index in [1.54, 1.807) is 42.7 Å². The molecule has 0 aliphatic rings. The standard InChI is InChI=1S/C23H17F2N3O/c24-23(25)18-7-2-5-16(12-18)20-10-9-15-4-1-6-17(22(15)28-20)13-21(29)27-19-8-3-11-26-14-19/h1-12,14,23H,13H2,(H,27,29). The fraction of sp³-hybridized carbons (Fsp3) is 0.0870. The van der Waals surface area contributed by atoms with E-state index in [4.69, 9.17) is 0 Å². The summed E-state index contributed by atoms with van der Waals surface area (Å²) in [6, 6.07) is 19.0. The highest BCUT2D eigenvalue weighted by Crippen LogP contribution is 2.27. The lowest BCUT2D eigenvalue weighted by Crippen LogP contribution is -2.14. The molecule has 0 fully saturated rings. The number of halogens is 2. The number of nitrogens with one attached hydrogen (secondary N) is 1. The summed E-state index contributed by atoms with van der Waals surface area (Å²) < 4.78 is 26.1. The van der Waals surface area contributed by atoms with Crippen molar-refractivity contribution < 1.29 is 13.6 Å². The van der Waals surface area contributed by atoms with Crippen LogP contribution in [0.25, 0.3) is 22.2 Å². The average Bonchev–Trinajstić information content (AvgIpc) is 2.74. The first-order valence-corrected chi connectivity index (χ1v) is 9.07. The summed E-state index contributed by atoms with van der Waals surface area (Å²) in [6.07, 6.45) is 0.809. The van der Waals surface area contributed by atoms with Crippen LogP contribution in [0.15, 0.2) is 79.1 Å². The monoisotopic (exact) mass is 389 g/mol. The second-order valence-electron chi connectivity index (χ2n) is 6.58.